The van der Waals surface area contributed by atoms with Crippen LogP contribution < -0.4 is 0 Å². The lowest BCUT2D eigenvalue weighted by Gasteiger charge is -2.08. The molecule has 90 valence electrons. The predicted molar refractivity (Wildman–Crippen MR) is 67.3 cm³/mol. The number of aliphatic hydroxyl groups excluding tert-OH is 1. The minimum Gasteiger partial charge on any atom is -0.388 e. The highest BCUT2D eigenvalue weighted by Gasteiger charge is 2.09. The summed E-state index contributed by atoms with van der Waals surface area (Å²) in [6, 6.07) is 9.91. The molecule has 0 spiro atoms. The molecule has 3 aromatic rings. The first-order chi connectivity index (χ1) is 8.79. The van der Waals surface area contributed by atoms with Crippen LogP contribution >= 0.6 is 0 Å². The highest BCUT2D eigenvalue weighted by molar-refractivity contribution is 5.86. The van der Waals surface area contributed by atoms with Gasteiger partial charge in [0, 0.05) is 11.1 Å². The summed E-state index contributed by atoms with van der Waals surface area (Å²) in [5, 5.41) is 18.0. The molecule has 2 aromatic heterocycles. The topological polar surface area (TPSA) is 63.8 Å². The number of benzene rings is 1. The number of pyridine rings is 1. The van der Waals surface area contributed by atoms with Crippen LogP contribution in [0.4, 0.5) is 0 Å². The molecule has 0 fully saturated rings. The molecule has 5 heteroatoms. The molecule has 0 radical (unpaired) electrons. The summed E-state index contributed by atoms with van der Waals surface area (Å²) in [6.45, 7) is 1.80. The number of rotatable bonds is 2. The van der Waals surface area contributed by atoms with Gasteiger partial charge in [-0.25, -0.2) is 0 Å². The number of nitrogens with zero attached hydrogens (tertiary/aromatic N) is 4. The van der Waals surface area contributed by atoms with Crippen molar-refractivity contribution in [2.75, 3.05) is 0 Å². The van der Waals surface area contributed by atoms with Crippen molar-refractivity contribution in [3.05, 3.63) is 48.2 Å². The second-order valence-electron chi connectivity index (χ2n) is 4.08. The summed E-state index contributed by atoms with van der Waals surface area (Å²) in [7, 11) is 0. The first-order valence-electron chi connectivity index (χ1n) is 5.66. The molecule has 1 N–H and O–H groups in total. The maximum Gasteiger partial charge on any atom is 0.163 e. The molecule has 0 aliphatic carbocycles. The zero-order chi connectivity index (χ0) is 12.5. The van der Waals surface area contributed by atoms with E-state index in [2.05, 4.69) is 15.2 Å². The van der Waals surface area contributed by atoms with E-state index in [4.69, 9.17) is 0 Å². The van der Waals surface area contributed by atoms with E-state index < -0.39 is 0 Å². The normalized spacial score (nSPS) is 11.0. The van der Waals surface area contributed by atoms with E-state index in [-0.39, 0.29) is 6.61 Å². The van der Waals surface area contributed by atoms with Crippen LogP contribution in [0.2, 0.25) is 0 Å². The average molecular weight is 240 g/mol. The second kappa shape index (κ2) is 4.19. The number of hydrogen-bond donors (Lipinski definition) is 1. The summed E-state index contributed by atoms with van der Waals surface area (Å²) < 4.78 is 1.76. The third-order valence-corrected chi connectivity index (χ3v) is 2.86. The zero-order valence-corrected chi connectivity index (χ0v) is 9.91. The van der Waals surface area contributed by atoms with Gasteiger partial charge in [-0.3, -0.25) is 9.55 Å². The summed E-state index contributed by atoms with van der Waals surface area (Å²) in [4.78, 5) is 4.55. The molecule has 0 aliphatic rings. The Morgan fingerprint density at radius 1 is 1.22 bits per heavy atom. The van der Waals surface area contributed by atoms with E-state index in [9.17, 15) is 5.11 Å². The zero-order valence-electron chi connectivity index (χ0n) is 9.91. The molecular weight excluding hydrogens is 228 g/mol. The van der Waals surface area contributed by atoms with Crippen molar-refractivity contribution in [2.45, 2.75) is 13.5 Å². The number of aliphatic hydroxyl groups is 1. The smallest absolute Gasteiger partial charge is 0.163 e. The van der Waals surface area contributed by atoms with Gasteiger partial charge in [0.1, 0.15) is 12.9 Å². The highest BCUT2D eigenvalue weighted by Crippen LogP contribution is 2.21. The lowest BCUT2D eigenvalue weighted by Crippen LogP contribution is -2.01. The molecular formula is C13H12N4O. The van der Waals surface area contributed by atoms with Crippen molar-refractivity contribution in [1.29, 1.82) is 0 Å². The van der Waals surface area contributed by atoms with E-state index in [0.717, 1.165) is 22.3 Å². The van der Waals surface area contributed by atoms with Crippen LogP contribution in [0.1, 0.15) is 11.5 Å². The monoisotopic (exact) mass is 240 g/mol. The van der Waals surface area contributed by atoms with Gasteiger partial charge in [0.25, 0.3) is 0 Å². The molecule has 2 heterocycles. The third-order valence-electron chi connectivity index (χ3n) is 2.86. The minimum atomic E-state index is -0.151. The van der Waals surface area contributed by atoms with Crippen LogP contribution in [0.25, 0.3) is 16.6 Å². The van der Waals surface area contributed by atoms with Crippen molar-refractivity contribution in [3.63, 3.8) is 0 Å². The lowest BCUT2D eigenvalue weighted by atomic mass is 10.1. The predicted octanol–water partition coefficient (Wildman–Crippen LogP) is 1.62. The van der Waals surface area contributed by atoms with E-state index >= 15 is 0 Å². The fraction of sp³-hybridized carbons (Fsp3) is 0.154. The van der Waals surface area contributed by atoms with Gasteiger partial charge in [0.2, 0.25) is 0 Å². The van der Waals surface area contributed by atoms with Crippen LogP contribution in [-0.2, 0) is 6.61 Å². The Labute approximate surface area is 104 Å². The Balaban J connectivity index is 2.32. The van der Waals surface area contributed by atoms with Gasteiger partial charge < -0.3 is 5.11 Å². The fourth-order valence-electron chi connectivity index (χ4n) is 1.99. The molecule has 0 saturated heterocycles. The standard InChI is InChI=1S/C13H12N4O/c1-9-5-6-10-3-2-4-11(13(10)15-9)17-8-14-16-12(17)7-18/h2-6,8,18H,7H2,1H3. The second-order valence-corrected chi connectivity index (χ2v) is 4.08. The molecule has 0 atom stereocenters. The van der Waals surface area contributed by atoms with Crippen molar-refractivity contribution in [3.8, 4) is 5.69 Å². The Bertz CT molecular complexity index is 705. The maximum atomic E-state index is 9.25. The van der Waals surface area contributed by atoms with Crippen molar-refractivity contribution < 1.29 is 5.11 Å². The first-order valence-corrected chi connectivity index (χ1v) is 5.66. The van der Waals surface area contributed by atoms with Gasteiger partial charge in [-0.15, -0.1) is 10.2 Å². The Morgan fingerprint density at radius 3 is 2.94 bits per heavy atom. The van der Waals surface area contributed by atoms with Crippen LogP contribution in [0.15, 0.2) is 36.7 Å². The molecule has 5 nitrogen and oxygen atoms in total. The fourth-order valence-corrected chi connectivity index (χ4v) is 1.99. The van der Waals surface area contributed by atoms with E-state index in [1.54, 1.807) is 10.9 Å². The van der Waals surface area contributed by atoms with Gasteiger partial charge in [0.05, 0.1) is 11.2 Å². The van der Waals surface area contributed by atoms with Gasteiger partial charge in [-0.05, 0) is 19.1 Å². The molecule has 1 aromatic carbocycles. The van der Waals surface area contributed by atoms with Gasteiger partial charge >= 0.3 is 0 Å². The molecule has 3 rings (SSSR count). The highest BCUT2D eigenvalue weighted by atomic mass is 16.3. The number of para-hydroxylation sites is 1. The minimum absolute atomic E-state index is 0.151. The molecule has 0 bridgehead atoms. The Hall–Kier alpha value is -2.27. The first kappa shape index (κ1) is 10.9. The van der Waals surface area contributed by atoms with E-state index in [1.165, 1.54) is 0 Å². The number of hydrogen-bond acceptors (Lipinski definition) is 4. The van der Waals surface area contributed by atoms with Crippen LogP contribution in [0, 0.1) is 6.92 Å². The SMILES string of the molecule is Cc1ccc2cccc(-n3cnnc3CO)c2n1. The summed E-state index contributed by atoms with van der Waals surface area (Å²) in [6.07, 6.45) is 1.59. The molecule has 0 amide bonds. The van der Waals surface area contributed by atoms with Crippen LogP contribution in [0.3, 0.4) is 0 Å². The molecule has 0 unspecified atom stereocenters. The maximum absolute atomic E-state index is 9.25. The molecule has 0 aliphatic heterocycles. The molecule has 18 heavy (non-hydrogen) atoms. The quantitative estimate of drug-likeness (QED) is 0.739. The summed E-state index contributed by atoms with van der Waals surface area (Å²) >= 11 is 0. The molecule has 0 saturated carbocycles. The van der Waals surface area contributed by atoms with Crippen LogP contribution in [-0.4, -0.2) is 24.9 Å². The lowest BCUT2D eigenvalue weighted by molar-refractivity contribution is 0.269. The summed E-state index contributed by atoms with van der Waals surface area (Å²) in [5.41, 5.74) is 2.71. The third kappa shape index (κ3) is 1.65. The van der Waals surface area contributed by atoms with Gasteiger partial charge in [0.15, 0.2) is 5.82 Å². The number of fused-ring (bicyclic) bond motifs is 1. The number of aryl methyl sites for hydroxylation is 1. The van der Waals surface area contributed by atoms with Crippen molar-refractivity contribution >= 4 is 10.9 Å². The summed E-state index contributed by atoms with van der Waals surface area (Å²) in [5.74, 6) is 0.505. The van der Waals surface area contributed by atoms with E-state index in [1.807, 2.05) is 37.3 Å². The van der Waals surface area contributed by atoms with Gasteiger partial charge in [-0.2, -0.15) is 0 Å². The van der Waals surface area contributed by atoms with Crippen molar-refractivity contribution in [1.82, 2.24) is 19.7 Å². The van der Waals surface area contributed by atoms with Gasteiger partial charge in [-0.1, -0.05) is 18.2 Å². The Morgan fingerprint density at radius 2 is 2.11 bits per heavy atom. The van der Waals surface area contributed by atoms with Crippen LogP contribution in [0.5, 0.6) is 0 Å². The average Bonchev–Trinajstić information content (AvgIpc) is 2.86. The van der Waals surface area contributed by atoms with Crippen molar-refractivity contribution in [2.24, 2.45) is 0 Å². The number of aromatic nitrogens is 4. The van der Waals surface area contributed by atoms with E-state index in [0.29, 0.717) is 5.82 Å². The Kier molecular flexibility index (Phi) is 2.53. The largest absolute Gasteiger partial charge is 0.388 e.